The first-order chi connectivity index (χ1) is 10.2. The number of amides is 1. The summed E-state index contributed by atoms with van der Waals surface area (Å²) in [5, 5.41) is 9.29. The van der Waals surface area contributed by atoms with E-state index < -0.39 is 12.0 Å². The molecule has 0 N–H and O–H groups in total. The maximum absolute atomic E-state index is 11.2. The molecule has 2 rings (SSSR count). The number of carbonyl (C=O) groups is 1. The van der Waals surface area contributed by atoms with Crippen molar-refractivity contribution in [2.24, 2.45) is 21.4 Å². The molecule has 0 aromatic heterocycles. The molecule has 21 heavy (non-hydrogen) atoms. The average Bonchev–Trinajstić information content (AvgIpc) is 2.90. The maximum Gasteiger partial charge on any atom is 0.290 e. The number of nitroso groups, excluding NO2 is 2. The molecule has 1 aliphatic rings. The molecule has 1 heterocycles. The van der Waals surface area contributed by atoms with Crippen molar-refractivity contribution < 1.29 is 9.63 Å². The summed E-state index contributed by atoms with van der Waals surface area (Å²) in [7, 11) is 0. The third kappa shape index (κ3) is 3.36. The van der Waals surface area contributed by atoms with E-state index in [9.17, 15) is 14.6 Å². The Bertz CT molecular complexity index is 568. The van der Waals surface area contributed by atoms with Crippen LogP contribution in [0.25, 0.3) is 0 Å². The summed E-state index contributed by atoms with van der Waals surface area (Å²) in [4.78, 5) is 37.2. The molecular weight excluding hydrogens is 274 g/mol. The topological polar surface area (TPSA) is 97.5 Å². The van der Waals surface area contributed by atoms with Gasteiger partial charge in [0, 0.05) is 11.1 Å². The van der Waals surface area contributed by atoms with Gasteiger partial charge in [-0.25, -0.2) is 0 Å². The number of carbonyl (C=O) groups excluding carboxylic acids is 1. The molecule has 2 unspecified atom stereocenters. The van der Waals surface area contributed by atoms with Crippen LogP contribution in [0.15, 0.2) is 39.8 Å². The van der Waals surface area contributed by atoms with Gasteiger partial charge < -0.3 is 4.84 Å². The van der Waals surface area contributed by atoms with Crippen LogP contribution in [-0.2, 0) is 9.63 Å². The van der Waals surface area contributed by atoms with E-state index in [-0.39, 0.29) is 12.3 Å². The van der Waals surface area contributed by atoms with Crippen LogP contribution in [0.4, 0.5) is 5.69 Å². The second kappa shape index (κ2) is 6.83. The Morgan fingerprint density at radius 1 is 1.29 bits per heavy atom. The van der Waals surface area contributed by atoms with Gasteiger partial charge in [0.25, 0.3) is 5.91 Å². The zero-order valence-corrected chi connectivity index (χ0v) is 11.6. The number of oxime groups is 1. The molecule has 0 bridgehead atoms. The molecule has 0 saturated heterocycles. The van der Waals surface area contributed by atoms with Gasteiger partial charge in [0.05, 0.1) is 12.1 Å². The molecule has 0 spiro atoms. The summed E-state index contributed by atoms with van der Waals surface area (Å²) in [6.45, 7) is 2.02. The van der Waals surface area contributed by atoms with E-state index >= 15 is 0 Å². The van der Waals surface area contributed by atoms with E-state index in [1.165, 1.54) is 0 Å². The minimum Gasteiger partial charge on any atom is -0.391 e. The number of rotatable bonds is 6. The van der Waals surface area contributed by atoms with Crippen LogP contribution >= 0.6 is 0 Å². The minimum absolute atomic E-state index is 0.0734. The summed E-state index contributed by atoms with van der Waals surface area (Å²) in [5.74, 6) is -0.811. The average molecular weight is 289 g/mol. The normalized spacial score (nSPS) is 20.5. The highest BCUT2D eigenvalue weighted by Crippen LogP contribution is 2.30. The number of benzene rings is 1. The zero-order valence-electron chi connectivity index (χ0n) is 11.6. The Hall–Kier alpha value is -2.44. The summed E-state index contributed by atoms with van der Waals surface area (Å²) in [6, 6.07) is 6.67. The van der Waals surface area contributed by atoms with Crippen LogP contribution in [0.3, 0.4) is 0 Å². The maximum atomic E-state index is 11.2. The molecule has 1 aromatic carbocycles. The van der Waals surface area contributed by atoms with Crippen molar-refractivity contribution in [1.82, 2.24) is 0 Å². The molecule has 0 aliphatic carbocycles. The van der Waals surface area contributed by atoms with Gasteiger partial charge in [0.2, 0.25) is 0 Å². The number of hydrogen-bond donors (Lipinski definition) is 0. The Morgan fingerprint density at radius 3 is 2.57 bits per heavy atom. The summed E-state index contributed by atoms with van der Waals surface area (Å²) in [6.07, 6.45) is 1.13. The Balaban J connectivity index is 2.19. The fraction of sp³-hybridized carbons (Fsp3) is 0.429. The third-order valence-electron chi connectivity index (χ3n) is 3.43. The van der Waals surface area contributed by atoms with Gasteiger partial charge in [-0.1, -0.05) is 30.6 Å². The molecule has 1 aliphatic heterocycles. The van der Waals surface area contributed by atoms with Gasteiger partial charge in [-0.05, 0) is 29.3 Å². The number of nitrogens with zero attached hydrogens (tertiary/aromatic N) is 3. The van der Waals surface area contributed by atoms with Gasteiger partial charge in [-0.2, -0.15) is 0 Å². The third-order valence-corrected chi connectivity index (χ3v) is 3.43. The Kier molecular flexibility index (Phi) is 4.86. The highest BCUT2D eigenvalue weighted by atomic mass is 16.6. The first-order valence-electron chi connectivity index (χ1n) is 6.73. The standard InChI is InChI=1S/C14H15N3O4/c1-2-3-11-12(8-13(18)16-20)21-17-14(11)9-4-6-10(15-19)7-5-9/h4-7,11-12H,2-3,8H2,1H3. The molecule has 0 fully saturated rings. The fourth-order valence-corrected chi connectivity index (χ4v) is 2.42. The van der Waals surface area contributed by atoms with Gasteiger partial charge in [0.1, 0.15) is 11.8 Å². The van der Waals surface area contributed by atoms with Gasteiger partial charge in [-0.15, -0.1) is 9.81 Å². The summed E-state index contributed by atoms with van der Waals surface area (Å²) < 4.78 is 0. The van der Waals surface area contributed by atoms with E-state index in [2.05, 4.69) is 15.5 Å². The van der Waals surface area contributed by atoms with Crippen LogP contribution in [0, 0.1) is 15.7 Å². The lowest BCUT2D eigenvalue weighted by Gasteiger charge is -2.16. The molecular formula is C14H15N3O4. The van der Waals surface area contributed by atoms with Crippen LogP contribution in [0.1, 0.15) is 31.7 Å². The van der Waals surface area contributed by atoms with Crippen molar-refractivity contribution in [3.8, 4) is 0 Å². The van der Waals surface area contributed by atoms with Crippen molar-refractivity contribution in [1.29, 1.82) is 0 Å². The Labute approximate surface area is 121 Å². The zero-order chi connectivity index (χ0) is 15.2. The van der Waals surface area contributed by atoms with E-state index in [1.54, 1.807) is 24.3 Å². The van der Waals surface area contributed by atoms with E-state index in [1.807, 2.05) is 6.92 Å². The molecule has 0 radical (unpaired) electrons. The van der Waals surface area contributed by atoms with Crippen molar-refractivity contribution in [2.45, 2.75) is 32.3 Å². The smallest absolute Gasteiger partial charge is 0.290 e. The molecule has 0 saturated carbocycles. The van der Waals surface area contributed by atoms with Crippen molar-refractivity contribution in [3.05, 3.63) is 39.6 Å². The lowest BCUT2D eigenvalue weighted by Crippen LogP contribution is -2.26. The SMILES string of the molecule is CCCC1C(c2ccc(N=O)cc2)=NOC1CC(=O)N=O. The van der Waals surface area contributed by atoms with Crippen molar-refractivity contribution in [3.63, 3.8) is 0 Å². The first-order valence-corrected chi connectivity index (χ1v) is 6.73. The predicted molar refractivity (Wildman–Crippen MR) is 77.1 cm³/mol. The van der Waals surface area contributed by atoms with Crippen molar-refractivity contribution >= 4 is 17.3 Å². The van der Waals surface area contributed by atoms with Crippen LogP contribution in [-0.4, -0.2) is 17.7 Å². The lowest BCUT2D eigenvalue weighted by atomic mass is 9.87. The van der Waals surface area contributed by atoms with E-state index in [4.69, 9.17) is 4.84 Å². The number of hydrogen-bond acceptors (Lipinski definition) is 6. The highest BCUT2D eigenvalue weighted by Gasteiger charge is 2.35. The van der Waals surface area contributed by atoms with Gasteiger partial charge in [0.15, 0.2) is 0 Å². The molecule has 1 aromatic rings. The van der Waals surface area contributed by atoms with E-state index in [0.29, 0.717) is 5.69 Å². The highest BCUT2D eigenvalue weighted by molar-refractivity contribution is 6.03. The van der Waals surface area contributed by atoms with Crippen molar-refractivity contribution in [2.75, 3.05) is 0 Å². The molecule has 110 valence electrons. The summed E-state index contributed by atoms with van der Waals surface area (Å²) in [5.41, 5.74) is 1.87. The first kappa shape index (κ1) is 15.0. The van der Waals surface area contributed by atoms with Gasteiger partial charge in [-0.3, -0.25) is 4.79 Å². The van der Waals surface area contributed by atoms with Gasteiger partial charge >= 0.3 is 0 Å². The quantitative estimate of drug-likeness (QED) is 0.750. The fourth-order valence-electron chi connectivity index (χ4n) is 2.42. The van der Waals surface area contributed by atoms with Crippen LogP contribution < -0.4 is 0 Å². The van der Waals surface area contributed by atoms with E-state index in [0.717, 1.165) is 24.1 Å². The second-order valence-electron chi connectivity index (χ2n) is 4.84. The molecule has 2 atom stereocenters. The van der Waals surface area contributed by atoms with Crippen LogP contribution in [0.5, 0.6) is 0 Å². The lowest BCUT2D eigenvalue weighted by molar-refractivity contribution is -0.120. The summed E-state index contributed by atoms with van der Waals surface area (Å²) >= 11 is 0. The van der Waals surface area contributed by atoms with Crippen LogP contribution in [0.2, 0.25) is 0 Å². The monoisotopic (exact) mass is 289 g/mol. The largest absolute Gasteiger partial charge is 0.391 e. The molecule has 7 heteroatoms. The molecule has 7 nitrogen and oxygen atoms in total. The predicted octanol–water partition coefficient (Wildman–Crippen LogP) is 3.29. The minimum atomic E-state index is -0.738. The second-order valence-corrected chi connectivity index (χ2v) is 4.84. The molecule has 1 amide bonds. The Morgan fingerprint density at radius 2 is 2.00 bits per heavy atom.